The van der Waals surface area contributed by atoms with Crippen LogP contribution >= 0.6 is 22.6 Å². The molecule has 0 radical (unpaired) electrons. The van der Waals surface area contributed by atoms with Gasteiger partial charge in [-0.2, -0.15) is 0 Å². The van der Waals surface area contributed by atoms with Gasteiger partial charge in [0.05, 0.1) is 5.56 Å². The number of amides is 1. The van der Waals surface area contributed by atoms with Crippen LogP contribution in [0.25, 0.3) is 10.8 Å². The van der Waals surface area contributed by atoms with Crippen LogP contribution in [0.1, 0.15) is 52.4 Å². The number of carbonyl (C=O) groups excluding carboxylic acids is 1. The van der Waals surface area contributed by atoms with E-state index in [1.165, 1.54) is 11.6 Å². The van der Waals surface area contributed by atoms with E-state index in [4.69, 9.17) is 0 Å². The minimum absolute atomic E-state index is 0.232. The first-order valence-corrected chi connectivity index (χ1v) is 12.1. The minimum atomic E-state index is -0.290. The second-order valence-corrected chi connectivity index (χ2v) is 9.79. The lowest BCUT2D eigenvalue weighted by molar-refractivity contribution is 0.102. The summed E-state index contributed by atoms with van der Waals surface area (Å²) in [5.74, 6) is -0.0993. The molecule has 4 aromatic rings. The van der Waals surface area contributed by atoms with Crippen LogP contribution in [0.15, 0.2) is 67.0 Å². The number of nitrogens with one attached hydrogen (secondary N) is 1. The van der Waals surface area contributed by atoms with E-state index in [0.29, 0.717) is 33.5 Å². The van der Waals surface area contributed by atoms with Crippen molar-refractivity contribution in [3.63, 3.8) is 0 Å². The largest absolute Gasteiger partial charge is 0.322 e. The van der Waals surface area contributed by atoms with Crippen molar-refractivity contribution in [1.82, 2.24) is 4.98 Å². The molecular formula is C28H26FIN2O. The summed E-state index contributed by atoms with van der Waals surface area (Å²) in [6.07, 6.45) is 4.80. The van der Waals surface area contributed by atoms with Crippen molar-refractivity contribution in [1.29, 1.82) is 0 Å². The van der Waals surface area contributed by atoms with Gasteiger partial charge in [-0.3, -0.25) is 9.78 Å². The molecule has 3 aromatic carbocycles. The highest BCUT2D eigenvalue weighted by Gasteiger charge is 2.16. The lowest BCUT2D eigenvalue weighted by atomic mass is 9.97. The fourth-order valence-electron chi connectivity index (χ4n) is 4.21. The van der Waals surface area contributed by atoms with Gasteiger partial charge in [0.15, 0.2) is 0 Å². The predicted molar refractivity (Wildman–Crippen MR) is 141 cm³/mol. The predicted octanol–water partition coefficient (Wildman–Crippen LogP) is 7.45. The molecule has 168 valence electrons. The van der Waals surface area contributed by atoms with E-state index in [9.17, 15) is 9.18 Å². The van der Waals surface area contributed by atoms with Gasteiger partial charge in [-0.15, -0.1) is 0 Å². The van der Waals surface area contributed by atoms with Crippen LogP contribution in [0.4, 0.5) is 10.1 Å². The van der Waals surface area contributed by atoms with E-state index in [-0.39, 0.29) is 11.7 Å². The normalized spacial score (nSPS) is 11.2. The van der Waals surface area contributed by atoms with Gasteiger partial charge < -0.3 is 5.32 Å². The Hall–Kier alpha value is -2.80. The first-order valence-electron chi connectivity index (χ1n) is 11.0. The van der Waals surface area contributed by atoms with Crippen LogP contribution in [0.3, 0.4) is 0 Å². The SMILES string of the molecule is Cc1cc(NC(=O)c2cc(CCc3cncc4ccccc34)c(F)cc2I)ccc1C(C)C. The summed E-state index contributed by atoms with van der Waals surface area (Å²) in [5, 5.41) is 5.16. The summed E-state index contributed by atoms with van der Waals surface area (Å²) in [7, 11) is 0. The van der Waals surface area contributed by atoms with E-state index < -0.39 is 0 Å². The molecule has 0 atom stereocenters. The summed E-state index contributed by atoms with van der Waals surface area (Å²) in [4.78, 5) is 17.3. The van der Waals surface area contributed by atoms with Crippen LogP contribution in [0, 0.1) is 16.3 Å². The molecule has 0 spiro atoms. The number of nitrogens with zero attached hydrogens (tertiary/aromatic N) is 1. The third kappa shape index (κ3) is 5.24. The number of fused-ring (bicyclic) bond motifs is 1. The lowest BCUT2D eigenvalue weighted by Gasteiger charge is -2.14. The molecule has 4 rings (SSSR count). The second kappa shape index (κ2) is 10.00. The van der Waals surface area contributed by atoms with Crippen molar-refractivity contribution >= 4 is 45.0 Å². The van der Waals surface area contributed by atoms with Gasteiger partial charge >= 0.3 is 0 Å². The topological polar surface area (TPSA) is 42.0 Å². The van der Waals surface area contributed by atoms with E-state index in [1.807, 2.05) is 72.2 Å². The first-order chi connectivity index (χ1) is 15.8. The molecule has 0 saturated carbocycles. The van der Waals surface area contributed by atoms with Crippen LogP contribution < -0.4 is 5.32 Å². The fourth-order valence-corrected chi connectivity index (χ4v) is 4.88. The number of rotatable bonds is 6. The van der Waals surface area contributed by atoms with Gasteiger partial charge in [0.25, 0.3) is 5.91 Å². The Morgan fingerprint density at radius 1 is 1.03 bits per heavy atom. The molecule has 1 aromatic heterocycles. The van der Waals surface area contributed by atoms with Gasteiger partial charge in [-0.25, -0.2) is 4.39 Å². The summed E-state index contributed by atoms with van der Waals surface area (Å²) in [6.45, 7) is 6.35. The molecular weight excluding hydrogens is 526 g/mol. The summed E-state index contributed by atoms with van der Waals surface area (Å²) in [6, 6.07) is 17.1. The average Bonchev–Trinajstić information content (AvgIpc) is 2.78. The molecule has 0 aliphatic heterocycles. The third-order valence-electron chi connectivity index (χ3n) is 5.94. The van der Waals surface area contributed by atoms with Gasteiger partial charge in [0, 0.05) is 27.0 Å². The maximum absolute atomic E-state index is 14.8. The monoisotopic (exact) mass is 552 g/mol. The quantitative estimate of drug-likeness (QED) is 0.253. The number of hydrogen-bond acceptors (Lipinski definition) is 2. The zero-order valence-corrected chi connectivity index (χ0v) is 21.1. The molecule has 1 N–H and O–H groups in total. The molecule has 5 heteroatoms. The number of aryl methyl sites for hydroxylation is 3. The van der Waals surface area contributed by atoms with E-state index in [1.54, 1.807) is 6.07 Å². The zero-order chi connectivity index (χ0) is 23.5. The molecule has 0 fully saturated rings. The van der Waals surface area contributed by atoms with Crippen LogP contribution in [-0.4, -0.2) is 10.9 Å². The number of halogens is 2. The lowest BCUT2D eigenvalue weighted by Crippen LogP contribution is -2.15. The molecule has 1 amide bonds. The third-order valence-corrected chi connectivity index (χ3v) is 6.84. The number of benzene rings is 3. The van der Waals surface area contributed by atoms with Gasteiger partial charge in [0.2, 0.25) is 0 Å². The Kier molecular flexibility index (Phi) is 7.08. The molecule has 0 aliphatic carbocycles. The first kappa shape index (κ1) is 23.4. The minimum Gasteiger partial charge on any atom is -0.322 e. The average molecular weight is 552 g/mol. The molecule has 0 unspecified atom stereocenters. The van der Waals surface area contributed by atoms with Gasteiger partial charge in [-0.1, -0.05) is 44.2 Å². The standard InChI is InChI=1S/C28H26FIN2O/c1-17(2)23-11-10-22(12-18(23)3)32-28(33)25-13-19(26(29)14-27(25)30)8-9-21-16-31-15-20-6-4-5-7-24(20)21/h4-7,10-17H,8-9H2,1-3H3,(H,32,33). The molecule has 33 heavy (non-hydrogen) atoms. The van der Waals surface area contributed by atoms with E-state index >= 15 is 0 Å². The second-order valence-electron chi connectivity index (χ2n) is 8.62. The van der Waals surface area contributed by atoms with Crippen molar-refractivity contribution in [2.75, 3.05) is 5.32 Å². The Morgan fingerprint density at radius 3 is 2.55 bits per heavy atom. The Balaban J connectivity index is 1.55. The number of aromatic nitrogens is 1. The summed E-state index contributed by atoms with van der Waals surface area (Å²) in [5.41, 5.74) is 5.22. The number of carbonyl (C=O) groups is 1. The fraction of sp³-hybridized carbons (Fsp3) is 0.214. The van der Waals surface area contributed by atoms with Crippen molar-refractivity contribution in [2.24, 2.45) is 0 Å². The summed E-state index contributed by atoms with van der Waals surface area (Å²) >= 11 is 2.02. The number of pyridine rings is 1. The van der Waals surface area contributed by atoms with Crippen molar-refractivity contribution in [2.45, 2.75) is 39.5 Å². The van der Waals surface area contributed by atoms with E-state index in [0.717, 1.165) is 27.6 Å². The molecule has 0 aliphatic rings. The van der Waals surface area contributed by atoms with E-state index in [2.05, 4.69) is 36.3 Å². The molecule has 3 nitrogen and oxygen atoms in total. The van der Waals surface area contributed by atoms with Crippen LogP contribution in [-0.2, 0) is 12.8 Å². The number of anilines is 1. The Morgan fingerprint density at radius 2 is 1.79 bits per heavy atom. The smallest absolute Gasteiger partial charge is 0.256 e. The van der Waals surface area contributed by atoms with Crippen molar-refractivity contribution in [3.8, 4) is 0 Å². The Labute approximate surface area is 207 Å². The van der Waals surface area contributed by atoms with Crippen LogP contribution in [0.2, 0.25) is 0 Å². The molecule has 0 bridgehead atoms. The molecule has 1 heterocycles. The van der Waals surface area contributed by atoms with Gasteiger partial charge in [-0.05, 0) is 100 Å². The highest BCUT2D eigenvalue weighted by atomic mass is 127. The maximum atomic E-state index is 14.8. The van der Waals surface area contributed by atoms with Crippen molar-refractivity contribution < 1.29 is 9.18 Å². The highest BCUT2D eigenvalue weighted by Crippen LogP contribution is 2.25. The Bertz CT molecular complexity index is 1330. The number of hydrogen-bond donors (Lipinski definition) is 1. The maximum Gasteiger partial charge on any atom is 0.256 e. The van der Waals surface area contributed by atoms with Crippen LogP contribution in [0.5, 0.6) is 0 Å². The highest BCUT2D eigenvalue weighted by molar-refractivity contribution is 14.1. The van der Waals surface area contributed by atoms with Crippen molar-refractivity contribution in [3.05, 3.63) is 104 Å². The zero-order valence-electron chi connectivity index (χ0n) is 19.0. The van der Waals surface area contributed by atoms with Gasteiger partial charge in [0.1, 0.15) is 5.82 Å². The summed E-state index contributed by atoms with van der Waals surface area (Å²) < 4.78 is 15.3. The molecule has 0 saturated heterocycles.